The summed E-state index contributed by atoms with van der Waals surface area (Å²) in [6, 6.07) is 10.9. The van der Waals surface area contributed by atoms with Crippen molar-refractivity contribution in [2.45, 2.75) is 32.1 Å². The van der Waals surface area contributed by atoms with Gasteiger partial charge in [-0.15, -0.1) is 0 Å². The number of rotatable bonds is 5. The SMILES string of the molecule is CCCOCN1CCC(c2ccccc2)CC1. The van der Waals surface area contributed by atoms with Crippen LogP contribution in [0.15, 0.2) is 30.3 Å². The first-order valence-corrected chi connectivity index (χ1v) is 6.75. The topological polar surface area (TPSA) is 12.5 Å². The Bertz CT molecular complexity index is 304. The van der Waals surface area contributed by atoms with Gasteiger partial charge in [-0.2, -0.15) is 0 Å². The Morgan fingerprint density at radius 1 is 1.18 bits per heavy atom. The van der Waals surface area contributed by atoms with E-state index in [-0.39, 0.29) is 0 Å². The molecule has 0 saturated carbocycles. The van der Waals surface area contributed by atoms with Crippen LogP contribution in [0.25, 0.3) is 0 Å². The third-order valence-corrected chi connectivity index (χ3v) is 3.48. The zero-order chi connectivity index (χ0) is 11.9. The summed E-state index contributed by atoms with van der Waals surface area (Å²) in [6.45, 7) is 6.20. The molecule has 0 atom stereocenters. The molecule has 0 bridgehead atoms. The van der Waals surface area contributed by atoms with Crippen molar-refractivity contribution in [3.63, 3.8) is 0 Å². The van der Waals surface area contributed by atoms with E-state index in [1.165, 1.54) is 31.5 Å². The summed E-state index contributed by atoms with van der Waals surface area (Å²) in [5.41, 5.74) is 1.50. The highest BCUT2D eigenvalue weighted by molar-refractivity contribution is 5.19. The van der Waals surface area contributed by atoms with Gasteiger partial charge in [0.2, 0.25) is 0 Å². The molecule has 1 fully saturated rings. The van der Waals surface area contributed by atoms with E-state index in [1.807, 2.05) is 0 Å². The first kappa shape index (κ1) is 12.6. The largest absolute Gasteiger partial charge is 0.366 e. The molecule has 1 saturated heterocycles. The Balaban J connectivity index is 1.74. The average Bonchev–Trinajstić information content (AvgIpc) is 2.41. The number of hydrogen-bond acceptors (Lipinski definition) is 2. The van der Waals surface area contributed by atoms with Gasteiger partial charge >= 0.3 is 0 Å². The van der Waals surface area contributed by atoms with Crippen LogP contribution in [0.4, 0.5) is 0 Å². The first-order valence-electron chi connectivity index (χ1n) is 6.75. The minimum absolute atomic E-state index is 0.749. The van der Waals surface area contributed by atoms with Gasteiger partial charge in [-0.25, -0.2) is 0 Å². The maximum atomic E-state index is 5.59. The number of likely N-dealkylation sites (tertiary alicyclic amines) is 1. The number of benzene rings is 1. The summed E-state index contributed by atoms with van der Waals surface area (Å²) in [7, 11) is 0. The van der Waals surface area contributed by atoms with Crippen molar-refractivity contribution >= 4 is 0 Å². The highest BCUT2D eigenvalue weighted by Crippen LogP contribution is 2.27. The van der Waals surface area contributed by atoms with Gasteiger partial charge in [0.05, 0.1) is 6.73 Å². The van der Waals surface area contributed by atoms with Crippen LogP contribution < -0.4 is 0 Å². The molecule has 1 aliphatic rings. The third-order valence-electron chi connectivity index (χ3n) is 3.48. The van der Waals surface area contributed by atoms with Gasteiger partial charge in [0.15, 0.2) is 0 Å². The van der Waals surface area contributed by atoms with Crippen molar-refractivity contribution in [2.24, 2.45) is 0 Å². The molecule has 1 heterocycles. The summed E-state index contributed by atoms with van der Waals surface area (Å²) < 4.78 is 5.59. The lowest BCUT2D eigenvalue weighted by molar-refractivity contribution is 0.0164. The zero-order valence-corrected chi connectivity index (χ0v) is 10.8. The second-order valence-electron chi connectivity index (χ2n) is 4.84. The molecular weight excluding hydrogens is 210 g/mol. The van der Waals surface area contributed by atoms with Gasteiger partial charge in [0.1, 0.15) is 0 Å². The zero-order valence-electron chi connectivity index (χ0n) is 10.8. The Morgan fingerprint density at radius 3 is 2.53 bits per heavy atom. The predicted octanol–water partition coefficient (Wildman–Crippen LogP) is 3.25. The molecule has 0 aromatic heterocycles. The molecule has 1 aromatic carbocycles. The fraction of sp³-hybridized carbons (Fsp3) is 0.600. The van der Waals surface area contributed by atoms with Gasteiger partial charge in [-0.05, 0) is 30.7 Å². The molecule has 17 heavy (non-hydrogen) atoms. The van der Waals surface area contributed by atoms with Gasteiger partial charge in [-0.1, -0.05) is 37.3 Å². The monoisotopic (exact) mass is 233 g/mol. The first-order chi connectivity index (χ1) is 8.40. The van der Waals surface area contributed by atoms with E-state index in [9.17, 15) is 0 Å². The van der Waals surface area contributed by atoms with Crippen molar-refractivity contribution in [3.05, 3.63) is 35.9 Å². The van der Waals surface area contributed by atoms with Crippen molar-refractivity contribution in [1.29, 1.82) is 0 Å². The van der Waals surface area contributed by atoms with E-state index in [0.29, 0.717) is 0 Å². The van der Waals surface area contributed by atoms with Crippen molar-refractivity contribution in [1.82, 2.24) is 4.90 Å². The van der Waals surface area contributed by atoms with Crippen LogP contribution in [0, 0.1) is 0 Å². The molecular formula is C15H23NO. The van der Waals surface area contributed by atoms with E-state index in [2.05, 4.69) is 42.2 Å². The molecule has 1 aromatic rings. The van der Waals surface area contributed by atoms with Crippen molar-refractivity contribution in [2.75, 3.05) is 26.4 Å². The standard InChI is InChI=1S/C15H23NO/c1-2-12-17-13-16-10-8-15(9-11-16)14-6-4-3-5-7-14/h3-7,15H,2,8-13H2,1H3. The van der Waals surface area contributed by atoms with Crippen LogP contribution in [0.2, 0.25) is 0 Å². The van der Waals surface area contributed by atoms with Crippen LogP contribution in [0.5, 0.6) is 0 Å². The van der Waals surface area contributed by atoms with E-state index in [4.69, 9.17) is 4.74 Å². The summed E-state index contributed by atoms with van der Waals surface area (Å²) in [6.07, 6.45) is 3.64. The van der Waals surface area contributed by atoms with Gasteiger partial charge < -0.3 is 4.74 Å². The van der Waals surface area contributed by atoms with E-state index in [1.54, 1.807) is 0 Å². The van der Waals surface area contributed by atoms with E-state index in [0.717, 1.165) is 25.7 Å². The van der Waals surface area contributed by atoms with E-state index < -0.39 is 0 Å². The maximum Gasteiger partial charge on any atom is 0.0990 e. The summed E-state index contributed by atoms with van der Waals surface area (Å²) in [5.74, 6) is 0.749. The molecule has 2 nitrogen and oxygen atoms in total. The highest BCUT2D eigenvalue weighted by Gasteiger charge is 2.19. The van der Waals surface area contributed by atoms with Gasteiger partial charge in [-0.3, -0.25) is 4.90 Å². The summed E-state index contributed by atoms with van der Waals surface area (Å²) in [4.78, 5) is 2.43. The highest BCUT2D eigenvalue weighted by atomic mass is 16.5. The maximum absolute atomic E-state index is 5.59. The average molecular weight is 233 g/mol. The van der Waals surface area contributed by atoms with Crippen molar-refractivity contribution in [3.8, 4) is 0 Å². The van der Waals surface area contributed by atoms with Crippen LogP contribution in [-0.4, -0.2) is 31.3 Å². The molecule has 2 rings (SSSR count). The molecule has 0 N–H and O–H groups in total. The fourth-order valence-corrected chi connectivity index (χ4v) is 2.46. The Kier molecular flexibility index (Phi) is 5.02. The predicted molar refractivity (Wildman–Crippen MR) is 71.1 cm³/mol. The third kappa shape index (κ3) is 3.83. The Hall–Kier alpha value is -0.860. The quantitative estimate of drug-likeness (QED) is 0.724. The van der Waals surface area contributed by atoms with Gasteiger partial charge in [0.25, 0.3) is 0 Å². The fourth-order valence-electron chi connectivity index (χ4n) is 2.46. The van der Waals surface area contributed by atoms with Crippen LogP contribution >= 0.6 is 0 Å². The second kappa shape index (κ2) is 6.77. The second-order valence-corrected chi connectivity index (χ2v) is 4.84. The molecule has 0 unspecified atom stereocenters. The molecule has 1 aliphatic heterocycles. The minimum Gasteiger partial charge on any atom is -0.366 e. The van der Waals surface area contributed by atoms with Gasteiger partial charge in [0, 0.05) is 19.7 Å². The lowest BCUT2D eigenvalue weighted by Gasteiger charge is -2.31. The van der Waals surface area contributed by atoms with E-state index >= 15 is 0 Å². The lowest BCUT2D eigenvalue weighted by atomic mass is 9.90. The molecule has 0 radical (unpaired) electrons. The summed E-state index contributed by atoms with van der Waals surface area (Å²) >= 11 is 0. The van der Waals surface area contributed by atoms with Crippen molar-refractivity contribution < 1.29 is 4.74 Å². The number of ether oxygens (including phenoxy) is 1. The molecule has 0 amide bonds. The smallest absolute Gasteiger partial charge is 0.0990 e. The summed E-state index contributed by atoms with van der Waals surface area (Å²) in [5, 5.41) is 0. The Morgan fingerprint density at radius 2 is 1.88 bits per heavy atom. The number of hydrogen-bond donors (Lipinski definition) is 0. The minimum atomic E-state index is 0.749. The normalized spacial score (nSPS) is 18.4. The molecule has 0 aliphatic carbocycles. The number of piperidine rings is 1. The molecule has 0 spiro atoms. The lowest BCUT2D eigenvalue weighted by Crippen LogP contribution is -2.34. The molecule has 94 valence electrons. The number of nitrogens with zero attached hydrogens (tertiary/aromatic N) is 1. The van der Waals surface area contributed by atoms with Crippen LogP contribution in [-0.2, 0) is 4.74 Å². The van der Waals surface area contributed by atoms with Crippen LogP contribution in [0.1, 0.15) is 37.7 Å². The molecule has 2 heteroatoms. The Labute approximate surface area is 105 Å². The van der Waals surface area contributed by atoms with Crippen LogP contribution in [0.3, 0.4) is 0 Å².